The third-order valence-electron chi connectivity index (χ3n) is 2.34. The molecule has 16 heavy (non-hydrogen) atoms. The van der Waals surface area contributed by atoms with Crippen LogP contribution in [0, 0.1) is 0 Å². The lowest BCUT2D eigenvalue weighted by Gasteiger charge is -2.09. The maximum atomic E-state index is 11.0. The highest BCUT2D eigenvalue weighted by Gasteiger charge is 2.11. The quantitative estimate of drug-likeness (QED) is 0.735. The average molecular weight is 213 g/mol. The van der Waals surface area contributed by atoms with Gasteiger partial charge in [0.2, 0.25) is 0 Å². The molecule has 1 heterocycles. The Morgan fingerprint density at radius 1 is 1.19 bits per heavy atom. The van der Waals surface area contributed by atoms with E-state index in [-0.39, 0.29) is 0 Å². The first kappa shape index (κ1) is 10.4. The summed E-state index contributed by atoms with van der Waals surface area (Å²) in [7, 11) is 1.58. The summed E-state index contributed by atoms with van der Waals surface area (Å²) in [6.07, 6.45) is 2.31. The third-order valence-corrected chi connectivity index (χ3v) is 2.34. The Labute approximate surface area is 93.7 Å². The van der Waals surface area contributed by atoms with Gasteiger partial charge in [-0.15, -0.1) is 0 Å². The standard InChI is InChI=1S/C13H11NO2/c1-16-12-7-8-14-11(9-15)13(12)10-5-3-2-4-6-10/h2-9H,1H3. The molecule has 3 heteroatoms. The predicted molar refractivity (Wildman–Crippen MR) is 61.6 cm³/mol. The third kappa shape index (κ3) is 1.80. The molecule has 0 aliphatic carbocycles. The molecule has 0 unspecified atom stereocenters. The van der Waals surface area contributed by atoms with Gasteiger partial charge in [0.1, 0.15) is 11.4 Å². The molecule has 0 radical (unpaired) electrons. The van der Waals surface area contributed by atoms with Gasteiger partial charge in [-0.25, -0.2) is 0 Å². The van der Waals surface area contributed by atoms with Crippen molar-refractivity contribution in [2.24, 2.45) is 0 Å². The fourth-order valence-corrected chi connectivity index (χ4v) is 1.61. The van der Waals surface area contributed by atoms with Gasteiger partial charge in [-0.05, 0) is 11.6 Å². The summed E-state index contributed by atoms with van der Waals surface area (Å²) in [6.45, 7) is 0. The average Bonchev–Trinajstić information content (AvgIpc) is 2.38. The summed E-state index contributed by atoms with van der Waals surface area (Å²) >= 11 is 0. The first-order valence-corrected chi connectivity index (χ1v) is 4.90. The fraction of sp³-hybridized carbons (Fsp3) is 0.0769. The number of nitrogens with zero attached hydrogens (tertiary/aromatic N) is 1. The van der Waals surface area contributed by atoms with E-state index in [0.29, 0.717) is 11.4 Å². The molecule has 1 aromatic carbocycles. The van der Waals surface area contributed by atoms with Gasteiger partial charge >= 0.3 is 0 Å². The van der Waals surface area contributed by atoms with Crippen molar-refractivity contribution in [1.29, 1.82) is 0 Å². The Morgan fingerprint density at radius 3 is 2.56 bits per heavy atom. The molecule has 0 aliphatic rings. The van der Waals surface area contributed by atoms with E-state index in [1.807, 2.05) is 30.3 Å². The molecule has 0 bridgehead atoms. The van der Waals surface area contributed by atoms with Gasteiger partial charge in [0.25, 0.3) is 0 Å². The molecule has 0 saturated heterocycles. The van der Waals surface area contributed by atoms with Crippen LogP contribution in [-0.4, -0.2) is 18.4 Å². The minimum Gasteiger partial charge on any atom is -0.496 e. The van der Waals surface area contributed by atoms with Gasteiger partial charge in [-0.2, -0.15) is 0 Å². The zero-order chi connectivity index (χ0) is 11.4. The van der Waals surface area contributed by atoms with Crippen molar-refractivity contribution in [3.8, 4) is 16.9 Å². The number of aromatic nitrogens is 1. The number of methoxy groups -OCH3 is 1. The molecule has 2 aromatic rings. The number of pyridine rings is 1. The molecule has 3 nitrogen and oxygen atoms in total. The Bertz CT molecular complexity index is 495. The zero-order valence-corrected chi connectivity index (χ0v) is 8.88. The molecular weight excluding hydrogens is 202 g/mol. The molecule has 0 atom stereocenters. The smallest absolute Gasteiger partial charge is 0.169 e. The number of aldehydes is 1. The van der Waals surface area contributed by atoms with Crippen molar-refractivity contribution in [3.63, 3.8) is 0 Å². The normalized spacial score (nSPS) is 9.81. The second-order valence-corrected chi connectivity index (χ2v) is 3.26. The summed E-state index contributed by atoms with van der Waals surface area (Å²) in [6, 6.07) is 11.3. The Morgan fingerprint density at radius 2 is 1.94 bits per heavy atom. The van der Waals surface area contributed by atoms with Crippen molar-refractivity contribution in [1.82, 2.24) is 4.98 Å². The van der Waals surface area contributed by atoms with Gasteiger partial charge in [-0.3, -0.25) is 9.78 Å². The Kier molecular flexibility index (Phi) is 2.96. The SMILES string of the molecule is COc1ccnc(C=O)c1-c1ccccc1. The van der Waals surface area contributed by atoms with Crippen LogP contribution in [0.15, 0.2) is 42.6 Å². The molecule has 0 N–H and O–H groups in total. The van der Waals surface area contributed by atoms with Gasteiger partial charge in [-0.1, -0.05) is 30.3 Å². The minimum absolute atomic E-state index is 0.394. The highest BCUT2D eigenvalue weighted by atomic mass is 16.5. The van der Waals surface area contributed by atoms with Crippen LogP contribution in [-0.2, 0) is 0 Å². The predicted octanol–water partition coefficient (Wildman–Crippen LogP) is 2.57. The van der Waals surface area contributed by atoms with E-state index in [0.717, 1.165) is 17.4 Å². The van der Waals surface area contributed by atoms with Crippen LogP contribution < -0.4 is 4.74 Å². The molecule has 0 amide bonds. The van der Waals surface area contributed by atoms with E-state index in [1.54, 1.807) is 19.4 Å². The van der Waals surface area contributed by atoms with E-state index in [2.05, 4.69) is 4.98 Å². The highest BCUT2D eigenvalue weighted by molar-refractivity contribution is 5.88. The topological polar surface area (TPSA) is 39.2 Å². The fourth-order valence-electron chi connectivity index (χ4n) is 1.61. The lowest BCUT2D eigenvalue weighted by atomic mass is 10.0. The number of hydrogen-bond donors (Lipinski definition) is 0. The van der Waals surface area contributed by atoms with E-state index in [4.69, 9.17) is 4.74 Å². The van der Waals surface area contributed by atoms with Crippen LogP contribution in [0.2, 0.25) is 0 Å². The number of rotatable bonds is 3. The molecule has 0 saturated carbocycles. The molecule has 2 rings (SSSR count). The summed E-state index contributed by atoms with van der Waals surface area (Å²) in [5, 5.41) is 0. The lowest BCUT2D eigenvalue weighted by molar-refractivity contribution is 0.111. The largest absolute Gasteiger partial charge is 0.496 e. The summed E-state index contributed by atoms with van der Waals surface area (Å²) < 4.78 is 5.24. The van der Waals surface area contributed by atoms with Crippen molar-refractivity contribution in [2.45, 2.75) is 0 Å². The van der Waals surface area contributed by atoms with Crippen LogP contribution >= 0.6 is 0 Å². The first-order chi connectivity index (χ1) is 7.86. The molecular formula is C13H11NO2. The molecule has 80 valence electrons. The van der Waals surface area contributed by atoms with Gasteiger partial charge in [0, 0.05) is 6.20 Å². The monoisotopic (exact) mass is 213 g/mol. The first-order valence-electron chi connectivity index (χ1n) is 4.90. The second kappa shape index (κ2) is 4.57. The van der Waals surface area contributed by atoms with Crippen molar-refractivity contribution < 1.29 is 9.53 Å². The number of ether oxygens (including phenoxy) is 1. The van der Waals surface area contributed by atoms with E-state index in [9.17, 15) is 4.79 Å². The van der Waals surface area contributed by atoms with Crippen LogP contribution in [0.1, 0.15) is 10.5 Å². The number of carbonyl (C=O) groups is 1. The van der Waals surface area contributed by atoms with Crippen LogP contribution in [0.4, 0.5) is 0 Å². The molecule has 0 aliphatic heterocycles. The number of carbonyl (C=O) groups excluding carboxylic acids is 1. The lowest BCUT2D eigenvalue weighted by Crippen LogP contribution is -1.96. The van der Waals surface area contributed by atoms with Gasteiger partial charge in [0.15, 0.2) is 6.29 Å². The zero-order valence-electron chi connectivity index (χ0n) is 8.88. The maximum absolute atomic E-state index is 11.0. The summed E-state index contributed by atoms with van der Waals surface area (Å²) in [4.78, 5) is 15.0. The Balaban J connectivity index is 2.66. The van der Waals surface area contributed by atoms with Crippen LogP contribution in [0.25, 0.3) is 11.1 Å². The second-order valence-electron chi connectivity index (χ2n) is 3.26. The number of hydrogen-bond acceptors (Lipinski definition) is 3. The molecule has 0 fully saturated rings. The van der Waals surface area contributed by atoms with E-state index in [1.165, 1.54) is 0 Å². The van der Waals surface area contributed by atoms with Crippen molar-refractivity contribution in [3.05, 3.63) is 48.3 Å². The molecule has 1 aromatic heterocycles. The van der Waals surface area contributed by atoms with Crippen molar-refractivity contribution in [2.75, 3.05) is 7.11 Å². The highest BCUT2D eigenvalue weighted by Crippen LogP contribution is 2.30. The summed E-state index contributed by atoms with van der Waals surface area (Å²) in [5.41, 5.74) is 2.06. The van der Waals surface area contributed by atoms with E-state index >= 15 is 0 Å². The van der Waals surface area contributed by atoms with Crippen molar-refractivity contribution >= 4 is 6.29 Å². The van der Waals surface area contributed by atoms with Gasteiger partial charge in [0.05, 0.1) is 12.7 Å². The summed E-state index contributed by atoms with van der Waals surface area (Å²) in [5.74, 6) is 0.656. The number of benzene rings is 1. The van der Waals surface area contributed by atoms with Crippen LogP contribution in [0.5, 0.6) is 5.75 Å². The maximum Gasteiger partial charge on any atom is 0.169 e. The molecule has 0 spiro atoms. The van der Waals surface area contributed by atoms with Crippen LogP contribution in [0.3, 0.4) is 0 Å². The van der Waals surface area contributed by atoms with E-state index < -0.39 is 0 Å². The van der Waals surface area contributed by atoms with Gasteiger partial charge < -0.3 is 4.74 Å². The minimum atomic E-state index is 0.394. The Hall–Kier alpha value is -2.16.